The van der Waals surface area contributed by atoms with Gasteiger partial charge in [0, 0.05) is 10.5 Å². The Hall–Kier alpha value is 0.150. The summed E-state index contributed by atoms with van der Waals surface area (Å²) >= 11 is 15.2. The number of nitrogens with zero attached hydrogens (tertiary/aromatic N) is 1. The normalized spacial score (nSPS) is 13.8. The van der Waals surface area contributed by atoms with Crippen LogP contribution in [0.15, 0.2) is 21.5 Å². The molecular formula is C12H17BrCl2N2O2S. The van der Waals surface area contributed by atoms with Gasteiger partial charge in [0.1, 0.15) is 4.90 Å². The van der Waals surface area contributed by atoms with E-state index in [9.17, 15) is 8.42 Å². The predicted molar refractivity (Wildman–Crippen MR) is 87.1 cm³/mol. The lowest BCUT2D eigenvalue weighted by Gasteiger charge is -2.18. The molecule has 1 N–H and O–H groups in total. The van der Waals surface area contributed by atoms with Crippen LogP contribution in [0.4, 0.5) is 0 Å². The molecule has 20 heavy (non-hydrogen) atoms. The minimum Gasteiger partial charge on any atom is -0.309 e. The van der Waals surface area contributed by atoms with E-state index in [0.717, 1.165) is 6.54 Å². The molecular weight excluding hydrogens is 387 g/mol. The van der Waals surface area contributed by atoms with Crippen molar-refractivity contribution in [2.45, 2.75) is 24.3 Å². The smallest absolute Gasteiger partial charge is 0.243 e. The lowest BCUT2D eigenvalue weighted by atomic mass is 10.2. The van der Waals surface area contributed by atoms with E-state index < -0.39 is 10.0 Å². The second-order valence-corrected chi connectivity index (χ2v) is 8.19. The van der Waals surface area contributed by atoms with Gasteiger partial charge in [-0.15, -0.1) is 0 Å². The number of nitrogens with one attached hydrogen (secondary N) is 1. The molecule has 0 heterocycles. The van der Waals surface area contributed by atoms with Gasteiger partial charge in [0.15, 0.2) is 0 Å². The van der Waals surface area contributed by atoms with E-state index in [-0.39, 0.29) is 21.0 Å². The maximum atomic E-state index is 12.3. The molecule has 1 aromatic carbocycles. The second kappa shape index (κ2) is 7.42. The van der Waals surface area contributed by atoms with Gasteiger partial charge in [0.25, 0.3) is 0 Å². The van der Waals surface area contributed by atoms with Gasteiger partial charge in [0.05, 0.1) is 10.0 Å². The first-order chi connectivity index (χ1) is 9.13. The summed E-state index contributed by atoms with van der Waals surface area (Å²) in [6.07, 6.45) is 0.692. The third-order valence-electron chi connectivity index (χ3n) is 2.60. The van der Waals surface area contributed by atoms with Gasteiger partial charge in [-0.25, -0.2) is 13.1 Å². The molecule has 1 unspecified atom stereocenters. The molecule has 0 fully saturated rings. The van der Waals surface area contributed by atoms with Crippen LogP contribution in [0.1, 0.15) is 13.3 Å². The second-order valence-electron chi connectivity index (χ2n) is 4.81. The van der Waals surface area contributed by atoms with Crippen molar-refractivity contribution < 1.29 is 8.42 Å². The van der Waals surface area contributed by atoms with Crippen molar-refractivity contribution in [2.24, 2.45) is 0 Å². The molecule has 0 saturated heterocycles. The van der Waals surface area contributed by atoms with E-state index in [0.29, 0.717) is 10.9 Å². The van der Waals surface area contributed by atoms with Crippen molar-refractivity contribution in [3.63, 3.8) is 0 Å². The van der Waals surface area contributed by atoms with Crippen LogP contribution in [0.3, 0.4) is 0 Å². The quantitative estimate of drug-likeness (QED) is 0.791. The van der Waals surface area contributed by atoms with Crippen LogP contribution in [-0.2, 0) is 10.0 Å². The molecule has 0 spiro atoms. The summed E-state index contributed by atoms with van der Waals surface area (Å²) in [4.78, 5) is 1.91. The Kier molecular flexibility index (Phi) is 6.76. The van der Waals surface area contributed by atoms with Crippen molar-refractivity contribution in [1.29, 1.82) is 0 Å². The summed E-state index contributed by atoms with van der Waals surface area (Å²) in [5.74, 6) is 0. The third-order valence-corrected chi connectivity index (χ3v) is 5.57. The molecule has 0 saturated carbocycles. The Bertz CT molecular complexity index is 556. The molecule has 1 atom stereocenters. The summed E-state index contributed by atoms with van der Waals surface area (Å²) < 4.78 is 27.9. The minimum atomic E-state index is -3.74. The molecule has 0 aliphatic heterocycles. The van der Waals surface area contributed by atoms with Gasteiger partial charge in [-0.1, -0.05) is 39.1 Å². The monoisotopic (exact) mass is 402 g/mol. The van der Waals surface area contributed by atoms with Crippen molar-refractivity contribution in [3.8, 4) is 0 Å². The molecule has 0 amide bonds. The molecule has 0 aliphatic carbocycles. The summed E-state index contributed by atoms with van der Waals surface area (Å²) in [6.45, 7) is 2.59. The summed E-state index contributed by atoms with van der Waals surface area (Å²) in [5.41, 5.74) is 0. The zero-order valence-electron chi connectivity index (χ0n) is 11.5. The fourth-order valence-electron chi connectivity index (χ4n) is 1.62. The van der Waals surface area contributed by atoms with E-state index >= 15 is 0 Å². The number of hydrogen-bond donors (Lipinski definition) is 1. The van der Waals surface area contributed by atoms with Gasteiger partial charge in [-0.3, -0.25) is 0 Å². The molecule has 114 valence electrons. The number of rotatable bonds is 6. The molecule has 0 aromatic heterocycles. The Labute approximate surface area is 138 Å². The largest absolute Gasteiger partial charge is 0.309 e. The van der Waals surface area contributed by atoms with Crippen LogP contribution in [0.25, 0.3) is 0 Å². The van der Waals surface area contributed by atoms with E-state index in [2.05, 4.69) is 20.7 Å². The first-order valence-corrected chi connectivity index (χ1v) is 8.98. The fraction of sp³-hybridized carbons (Fsp3) is 0.500. The molecule has 0 radical (unpaired) electrons. The van der Waals surface area contributed by atoms with Crippen LogP contribution < -0.4 is 4.72 Å². The van der Waals surface area contributed by atoms with E-state index in [4.69, 9.17) is 23.2 Å². The molecule has 1 rings (SSSR count). The first-order valence-electron chi connectivity index (χ1n) is 5.95. The van der Waals surface area contributed by atoms with Crippen LogP contribution in [-0.4, -0.2) is 40.0 Å². The van der Waals surface area contributed by atoms with Crippen LogP contribution in [0, 0.1) is 0 Å². The van der Waals surface area contributed by atoms with Gasteiger partial charge in [-0.05, 0) is 46.1 Å². The topological polar surface area (TPSA) is 49.4 Å². The predicted octanol–water partition coefficient (Wildman–Crippen LogP) is 3.37. The molecule has 1 aromatic rings. The van der Waals surface area contributed by atoms with E-state index in [1.807, 2.05) is 25.9 Å². The highest BCUT2D eigenvalue weighted by atomic mass is 79.9. The standard InChI is InChI=1S/C12H17BrCl2N2O2S/c1-8(4-5-17(2)3)16-20(18,19)12-10(14)6-9(13)7-11(12)15/h6-8,16H,4-5H2,1-3H3. The highest BCUT2D eigenvalue weighted by Crippen LogP contribution is 2.32. The first kappa shape index (κ1) is 18.2. The lowest BCUT2D eigenvalue weighted by molar-refractivity contribution is 0.379. The average molecular weight is 404 g/mol. The van der Waals surface area contributed by atoms with Crippen molar-refractivity contribution in [1.82, 2.24) is 9.62 Å². The SMILES string of the molecule is CC(CCN(C)C)NS(=O)(=O)c1c(Cl)cc(Br)cc1Cl. The zero-order valence-corrected chi connectivity index (χ0v) is 15.4. The Balaban J connectivity index is 2.95. The molecule has 0 aliphatic rings. The number of hydrogen-bond acceptors (Lipinski definition) is 3. The fourth-order valence-corrected chi connectivity index (χ4v) is 4.83. The Morgan fingerprint density at radius 3 is 2.25 bits per heavy atom. The Morgan fingerprint density at radius 1 is 1.30 bits per heavy atom. The van der Waals surface area contributed by atoms with Gasteiger partial charge in [-0.2, -0.15) is 0 Å². The minimum absolute atomic E-state index is 0.0827. The maximum Gasteiger partial charge on any atom is 0.243 e. The lowest BCUT2D eigenvalue weighted by Crippen LogP contribution is -2.35. The van der Waals surface area contributed by atoms with Crippen LogP contribution in [0.2, 0.25) is 10.0 Å². The summed E-state index contributed by atoms with van der Waals surface area (Å²) in [7, 11) is 0.130. The zero-order chi connectivity index (χ0) is 15.5. The Morgan fingerprint density at radius 2 is 1.80 bits per heavy atom. The molecule has 4 nitrogen and oxygen atoms in total. The number of benzene rings is 1. The van der Waals surface area contributed by atoms with Crippen molar-refractivity contribution >= 4 is 49.2 Å². The summed E-state index contributed by atoms with van der Waals surface area (Å²) in [5, 5.41) is 0.188. The average Bonchev–Trinajstić information content (AvgIpc) is 2.23. The van der Waals surface area contributed by atoms with Crippen LogP contribution >= 0.6 is 39.1 Å². The van der Waals surface area contributed by atoms with E-state index in [1.54, 1.807) is 0 Å². The van der Waals surface area contributed by atoms with Gasteiger partial charge in [0.2, 0.25) is 10.0 Å². The number of sulfonamides is 1. The van der Waals surface area contributed by atoms with Gasteiger partial charge >= 0.3 is 0 Å². The van der Waals surface area contributed by atoms with E-state index in [1.165, 1.54) is 12.1 Å². The third kappa shape index (κ3) is 5.16. The van der Waals surface area contributed by atoms with Gasteiger partial charge < -0.3 is 4.90 Å². The van der Waals surface area contributed by atoms with Crippen molar-refractivity contribution in [2.75, 3.05) is 20.6 Å². The summed E-state index contributed by atoms with van der Waals surface area (Å²) in [6, 6.07) is 2.80. The highest BCUT2D eigenvalue weighted by Gasteiger charge is 2.24. The highest BCUT2D eigenvalue weighted by molar-refractivity contribution is 9.10. The number of halogens is 3. The molecule has 8 heteroatoms. The molecule has 0 bridgehead atoms. The van der Waals surface area contributed by atoms with Crippen molar-refractivity contribution in [3.05, 3.63) is 26.7 Å². The maximum absolute atomic E-state index is 12.3. The van der Waals surface area contributed by atoms with Crippen LogP contribution in [0.5, 0.6) is 0 Å².